The van der Waals surface area contributed by atoms with E-state index in [1.165, 1.54) is 17.3 Å². The Bertz CT molecular complexity index is 542. The third-order valence-electron chi connectivity index (χ3n) is 4.13. The van der Waals surface area contributed by atoms with Gasteiger partial charge in [0, 0.05) is 19.1 Å². The summed E-state index contributed by atoms with van der Waals surface area (Å²) in [4.78, 5) is 35.8. The van der Waals surface area contributed by atoms with E-state index in [1.54, 1.807) is 4.90 Å². The maximum atomic E-state index is 12.2. The molecule has 3 rings (SSSR count). The Kier molecular flexibility index (Phi) is 4.05. The SMILES string of the molecule is O=C1C(=O)N(C2CCCC2)CCN1Cc1cnc(Cl)cn1. The van der Waals surface area contributed by atoms with Gasteiger partial charge in [0.25, 0.3) is 0 Å². The lowest BCUT2D eigenvalue weighted by molar-refractivity contribution is -0.158. The van der Waals surface area contributed by atoms with Crippen molar-refractivity contribution in [1.82, 2.24) is 19.8 Å². The van der Waals surface area contributed by atoms with Crippen LogP contribution in [-0.4, -0.2) is 50.7 Å². The van der Waals surface area contributed by atoms with Crippen molar-refractivity contribution in [2.75, 3.05) is 13.1 Å². The van der Waals surface area contributed by atoms with Crippen molar-refractivity contribution in [2.45, 2.75) is 38.3 Å². The van der Waals surface area contributed by atoms with Crippen LogP contribution in [0.5, 0.6) is 0 Å². The number of carbonyl (C=O) groups excluding carboxylic acids is 2. The highest BCUT2D eigenvalue weighted by Crippen LogP contribution is 2.25. The number of carbonyl (C=O) groups is 2. The zero-order valence-corrected chi connectivity index (χ0v) is 12.4. The van der Waals surface area contributed by atoms with E-state index in [0.29, 0.717) is 30.5 Å². The molecule has 2 heterocycles. The molecule has 2 fully saturated rings. The standard InChI is InChI=1S/C14H17ClN4O2/c15-12-8-16-10(7-17-12)9-18-5-6-19(14(21)13(18)20)11-3-1-2-4-11/h7-8,11H,1-6,9H2. The van der Waals surface area contributed by atoms with Gasteiger partial charge in [-0.1, -0.05) is 24.4 Å². The molecule has 1 aliphatic heterocycles. The van der Waals surface area contributed by atoms with Crippen LogP contribution in [0.1, 0.15) is 31.4 Å². The summed E-state index contributed by atoms with van der Waals surface area (Å²) < 4.78 is 0. The molecular formula is C14H17ClN4O2. The van der Waals surface area contributed by atoms with E-state index in [9.17, 15) is 9.59 Å². The normalized spacial score (nSPS) is 20.4. The lowest BCUT2D eigenvalue weighted by atomic mass is 10.1. The van der Waals surface area contributed by atoms with Crippen LogP contribution in [0.3, 0.4) is 0 Å². The number of amides is 2. The van der Waals surface area contributed by atoms with Crippen molar-refractivity contribution >= 4 is 23.4 Å². The van der Waals surface area contributed by atoms with Gasteiger partial charge in [-0.05, 0) is 12.8 Å². The molecule has 7 heteroatoms. The average Bonchev–Trinajstić information content (AvgIpc) is 3.00. The molecule has 0 spiro atoms. The molecule has 1 aromatic heterocycles. The fourth-order valence-electron chi connectivity index (χ4n) is 3.02. The van der Waals surface area contributed by atoms with Gasteiger partial charge in [0.1, 0.15) is 5.15 Å². The van der Waals surface area contributed by atoms with Crippen LogP contribution in [0.25, 0.3) is 0 Å². The number of halogens is 1. The molecule has 1 saturated carbocycles. The maximum absolute atomic E-state index is 12.2. The highest BCUT2D eigenvalue weighted by atomic mass is 35.5. The van der Waals surface area contributed by atoms with Crippen LogP contribution >= 0.6 is 11.6 Å². The first kappa shape index (κ1) is 14.3. The molecule has 0 radical (unpaired) electrons. The Morgan fingerprint density at radius 3 is 2.52 bits per heavy atom. The van der Waals surface area contributed by atoms with Crippen molar-refractivity contribution < 1.29 is 9.59 Å². The number of aromatic nitrogens is 2. The second-order valence-corrected chi connectivity index (χ2v) is 5.88. The van der Waals surface area contributed by atoms with E-state index in [4.69, 9.17) is 11.6 Å². The lowest BCUT2D eigenvalue weighted by Crippen LogP contribution is -2.56. The summed E-state index contributed by atoms with van der Waals surface area (Å²) in [5.41, 5.74) is 0.634. The fraction of sp³-hybridized carbons (Fsp3) is 0.571. The second-order valence-electron chi connectivity index (χ2n) is 5.49. The smallest absolute Gasteiger partial charge is 0.312 e. The predicted molar refractivity (Wildman–Crippen MR) is 76.4 cm³/mol. The van der Waals surface area contributed by atoms with Gasteiger partial charge in [-0.2, -0.15) is 0 Å². The van der Waals surface area contributed by atoms with Gasteiger partial charge in [0.15, 0.2) is 0 Å². The van der Waals surface area contributed by atoms with Crippen LogP contribution in [0.2, 0.25) is 5.15 Å². The molecule has 1 aliphatic carbocycles. The van der Waals surface area contributed by atoms with Gasteiger partial charge in [0.2, 0.25) is 0 Å². The molecule has 1 saturated heterocycles. The summed E-state index contributed by atoms with van der Waals surface area (Å²) in [6.45, 7) is 1.45. The van der Waals surface area contributed by atoms with Crippen LogP contribution in [0.15, 0.2) is 12.4 Å². The molecule has 112 valence electrons. The molecule has 2 amide bonds. The second kappa shape index (κ2) is 5.97. The maximum Gasteiger partial charge on any atom is 0.312 e. The largest absolute Gasteiger partial charge is 0.330 e. The third kappa shape index (κ3) is 3.00. The monoisotopic (exact) mass is 308 g/mol. The number of hydrogen-bond acceptors (Lipinski definition) is 4. The van der Waals surface area contributed by atoms with Crippen LogP contribution in [0, 0.1) is 0 Å². The molecule has 0 N–H and O–H groups in total. The summed E-state index contributed by atoms with van der Waals surface area (Å²) in [6.07, 6.45) is 7.30. The predicted octanol–water partition coefficient (Wildman–Crippen LogP) is 1.24. The van der Waals surface area contributed by atoms with Gasteiger partial charge in [-0.25, -0.2) is 4.98 Å². The van der Waals surface area contributed by atoms with Crippen molar-refractivity contribution in [2.24, 2.45) is 0 Å². The number of hydrogen-bond donors (Lipinski definition) is 0. The first-order valence-electron chi connectivity index (χ1n) is 7.21. The molecular weight excluding hydrogens is 292 g/mol. The summed E-state index contributed by atoms with van der Waals surface area (Å²) in [5.74, 6) is -0.819. The zero-order chi connectivity index (χ0) is 14.8. The van der Waals surface area contributed by atoms with E-state index in [-0.39, 0.29) is 11.9 Å². The minimum Gasteiger partial charge on any atom is -0.330 e. The van der Waals surface area contributed by atoms with Gasteiger partial charge >= 0.3 is 11.8 Å². The van der Waals surface area contributed by atoms with Crippen LogP contribution < -0.4 is 0 Å². The summed E-state index contributed by atoms with van der Waals surface area (Å²) >= 11 is 5.68. The minimum absolute atomic E-state index is 0.249. The molecule has 0 atom stereocenters. The number of rotatable bonds is 3. The summed E-state index contributed by atoms with van der Waals surface area (Å²) in [7, 11) is 0. The summed E-state index contributed by atoms with van der Waals surface area (Å²) in [6, 6.07) is 0.249. The van der Waals surface area contributed by atoms with Crippen molar-refractivity contribution in [1.29, 1.82) is 0 Å². The highest BCUT2D eigenvalue weighted by Gasteiger charge is 2.37. The molecule has 6 nitrogen and oxygen atoms in total. The number of piperazine rings is 1. The molecule has 2 aliphatic rings. The fourth-order valence-corrected chi connectivity index (χ4v) is 3.12. The Labute approximate surface area is 128 Å². The van der Waals surface area contributed by atoms with Crippen molar-refractivity contribution in [3.8, 4) is 0 Å². The molecule has 1 aromatic rings. The van der Waals surface area contributed by atoms with Gasteiger partial charge < -0.3 is 9.80 Å². The van der Waals surface area contributed by atoms with E-state index in [0.717, 1.165) is 25.7 Å². The third-order valence-corrected chi connectivity index (χ3v) is 4.33. The van der Waals surface area contributed by atoms with Gasteiger partial charge in [-0.3, -0.25) is 14.6 Å². The Morgan fingerprint density at radius 2 is 1.86 bits per heavy atom. The lowest BCUT2D eigenvalue weighted by Gasteiger charge is -2.36. The van der Waals surface area contributed by atoms with Crippen molar-refractivity contribution in [3.63, 3.8) is 0 Å². The highest BCUT2D eigenvalue weighted by molar-refractivity contribution is 6.35. The quantitative estimate of drug-likeness (QED) is 0.788. The van der Waals surface area contributed by atoms with Crippen LogP contribution in [-0.2, 0) is 16.1 Å². The number of nitrogens with zero attached hydrogens (tertiary/aromatic N) is 4. The van der Waals surface area contributed by atoms with Gasteiger partial charge in [-0.15, -0.1) is 0 Å². The molecule has 0 bridgehead atoms. The molecule has 0 aromatic carbocycles. The average molecular weight is 309 g/mol. The first-order valence-corrected chi connectivity index (χ1v) is 7.59. The minimum atomic E-state index is -0.440. The summed E-state index contributed by atoms with van der Waals surface area (Å²) in [5, 5.41) is 0.312. The van der Waals surface area contributed by atoms with E-state index in [1.807, 2.05) is 0 Å². The first-order chi connectivity index (χ1) is 10.1. The topological polar surface area (TPSA) is 66.4 Å². The Morgan fingerprint density at radius 1 is 1.10 bits per heavy atom. The van der Waals surface area contributed by atoms with Crippen LogP contribution in [0.4, 0.5) is 0 Å². The van der Waals surface area contributed by atoms with Crippen molar-refractivity contribution in [3.05, 3.63) is 23.2 Å². The Hall–Kier alpha value is -1.69. The van der Waals surface area contributed by atoms with Gasteiger partial charge in [0.05, 0.1) is 24.6 Å². The zero-order valence-electron chi connectivity index (χ0n) is 11.7. The molecule has 21 heavy (non-hydrogen) atoms. The van der Waals surface area contributed by atoms with E-state index >= 15 is 0 Å². The van der Waals surface area contributed by atoms with E-state index in [2.05, 4.69) is 9.97 Å². The Balaban J connectivity index is 1.65. The molecule has 0 unspecified atom stereocenters. The van der Waals surface area contributed by atoms with E-state index < -0.39 is 5.91 Å².